The van der Waals surface area contributed by atoms with Crippen LogP contribution in [0.25, 0.3) is 5.69 Å². The molecule has 1 heterocycles. The molecule has 0 saturated heterocycles. The second-order valence-corrected chi connectivity index (χ2v) is 5.80. The van der Waals surface area contributed by atoms with Gasteiger partial charge >= 0.3 is 0 Å². The first-order valence-electron chi connectivity index (χ1n) is 8.86. The number of ether oxygens (including phenoxy) is 1. The van der Waals surface area contributed by atoms with E-state index in [9.17, 15) is 0 Å². The fourth-order valence-corrected chi connectivity index (χ4v) is 2.53. The number of hydrogen-bond donors (Lipinski definition) is 2. The number of aryl methyl sites for hydroxylation is 2. The molecule has 26 heavy (non-hydrogen) atoms. The van der Waals surface area contributed by atoms with Crippen LogP contribution in [0.1, 0.15) is 24.6 Å². The minimum atomic E-state index is 0. The van der Waals surface area contributed by atoms with Gasteiger partial charge in [-0.1, -0.05) is 18.2 Å². The van der Waals surface area contributed by atoms with Gasteiger partial charge in [0.25, 0.3) is 0 Å². The summed E-state index contributed by atoms with van der Waals surface area (Å²) in [5.41, 5.74) is 3.45. The highest BCUT2D eigenvalue weighted by Crippen LogP contribution is 2.13. The number of para-hydroxylation sites is 1. The van der Waals surface area contributed by atoms with E-state index in [4.69, 9.17) is 4.74 Å². The van der Waals surface area contributed by atoms with E-state index in [1.165, 1.54) is 5.56 Å². The van der Waals surface area contributed by atoms with Crippen molar-refractivity contribution in [1.82, 2.24) is 20.4 Å². The molecule has 0 fully saturated rings. The lowest BCUT2D eigenvalue weighted by atomic mass is 10.1. The van der Waals surface area contributed by atoms with Gasteiger partial charge in [-0.2, -0.15) is 5.10 Å². The molecule has 0 saturated carbocycles. The second kappa shape index (κ2) is 12.7. The number of guanidine groups is 1. The van der Waals surface area contributed by atoms with Gasteiger partial charge in [-0.15, -0.1) is 24.0 Å². The molecule has 1 aromatic carbocycles. The third-order valence-electron chi connectivity index (χ3n) is 3.84. The van der Waals surface area contributed by atoms with Crippen molar-refractivity contribution in [1.29, 1.82) is 0 Å². The molecule has 2 aromatic rings. The van der Waals surface area contributed by atoms with Gasteiger partial charge in [0.1, 0.15) is 0 Å². The molecular weight excluding hydrogens is 441 g/mol. The number of aromatic nitrogens is 2. The summed E-state index contributed by atoms with van der Waals surface area (Å²) < 4.78 is 7.00. The van der Waals surface area contributed by atoms with Crippen LogP contribution < -0.4 is 10.6 Å². The van der Waals surface area contributed by atoms with Crippen molar-refractivity contribution < 1.29 is 4.74 Å². The highest BCUT2D eigenvalue weighted by molar-refractivity contribution is 14.0. The maximum Gasteiger partial charge on any atom is 0.191 e. The first-order chi connectivity index (χ1) is 12.2. The molecular formula is C19H30IN5O. The summed E-state index contributed by atoms with van der Waals surface area (Å²) in [7, 11) is 1.70. The Morgan fingerprint density at radius 3 is 2.69 bits per heavy atom. The Kier molecular flexibility index (Phi) is 11.0. The van der Waals surface area contributed by atoms with E-state index in [1.54, 1.807) is 7.11 Å². The van der Waals surface area contributed by atoms with Crippen molar-refractivity contribution in [3.63, 3.8) is 0 Å². The topological polar surface area (TPSA) is 63.5 Å². The zero-order chi connectivity index (χ0) is 17.9. The molecule has 6 nitrogen and oxygen atoms in total. The van der Waals surface area contributed by atoms with Crippen molar-refractivity contribution in [3.8, 4) is 5.69 Å². The van der Waals surface area contributed by atoms with Crippen LogP contribution in [0.15, 0.2) is 41.5 Å². The van der Waals surface area contributed by atoms with Gasteiger partial charge < -0.3 is 15.4 Å². The Morgan fingerprint density at radius 1 is 1.23 bits per heavy atom. The van der Waals surface area contributed by atoms with Crippen LogP contribution in [-0.4, -0.2) is 49.1 Å². The summed E-state index contributed by atoms with van der Waals surface area (Å²) in [6.07, 6.45) is 4.08. The zero-order valence-electron chi connectivity index (χ0n) is 15.9. The maximum absolute atomic E-state index is 5.05. The smallest absolute Gasteiger partial charge is 0.191 e. The molecule has 1 aromatic heterocycles. The minimum Gasteiger partial charge on any atom is -0.383 e. The van der Waals surface area contributed by atoms with Crippen LogP contribution in [0.4, 0.5) is 0 Å². The number of aliphatic imine (C=N–C) groups is 1. The average molecular weight is 471 g/mol. The summed E-state index contributed by atoms with van der Waals surface area (Å²) in [5.74, 6) is 0.844. The number of nitrogens with zero attached hydrogens (tertiary/aromatic N) is 3. The van der Waals surface area contributed by atoms with Gasteiger partial charge in [0.15, 0.2) is 5.96 Å². The van der Waals surface area contributed by atoms with Gasteiger partial charge in [-0.25, -0.2) is 4.68 Å². The lowest BCUT2D eigenvalue weighted by molar-refractivity contribution is 0.203. The average Bonchev–Trinajstić information content (AvgIpc) is 3.00. The third kappa shape index (κ3) is 7.33. The molecule has 0 atom stereocenters. The van der Waals surface area contributed by atoms with Crippen LogP contribution >= 0.6 is 24.0 Å². The van der Waals surface area contributed by atoms with E-state index in [1.807, 2.05) is 22.9 Å². The van der Waals surface area contributed by atoms with E-state index < -0.39 is 0 Å². The van der Waals surface area contributed by atoms with Crippen molar-refractivity contribution in [3.05, 3.63) is 47.8 Å². The minimum absolute atomic E-state index is 0. The standard InChI is InChI=1S/C19H29N5O.HI/c1-4-20-19(22-13-14-25-3)21-12-8-9-17-15-24(23-16(17)2)18-10-6-5-7-11-18;/h5-7,10-11,15H,4,8-9,12-14H2,1-3H3,(H2,20,21,22);1H. The summed E-state index contributed by atoms with van der Waals surface area (Å²) in [6.45, 7) is 7.18. The predicted octanol–water partition coefficient (Wildman–Crippen LogP) is 2.93. The molecule has 7 heteroatoms. The highest BCUT2D eigenvalue weighted by atomic mass is 127. The summed E-state index contributed by atoms with van der Waals surface area (Å²) in [6, 6.07) is 10.2. The molecule has 0 unspecified atom stereocenters. The van der Waals surface area contributed by atoms with Crippen LogP contribution in [0, 0.1) is 6.92 Å². The summed E-state index contributed by atoms with van der Waals surface area (Å²) in [5, 5.41) is 11.1. The van der Waals surface area contributed by atoms with Crippen LogP contribution in [0.3, 0.4) is 0 Å². The zero-order valence-corrected chi connectivity index (χ0v) is 18.2. The molecule has 2 N–H and O–H groups in total. The Balaban J connectivity index is 0.00000338. The van der Waals surface area contributed by atoms with Gasteiger partial charge in [-0.3, -0.25) is 4.99 Å². The maximum atomic E-state index is 5.05. The van der Waals surface area contributed by atoms with Crippen molar-refractivity contribution in [2.24, 2.45) is 4.99 Å². The van der Waals surface area contributed by atoms with Crippen LogP contribution in [0.2, 0.25) is 0 Å². The van der Waals surface area contributed by atoms with E-state index >= 15 is 0 Å². The largest absolute Gasteiger partial charge is 0.383 e. The molecule has 0 radical (unpaired) electrons. The van der Waals surface area contributed by atoms with E-state index in [-0.39, 0.29) is 24.0 Å². The number of rotatable bonds is 9. The van der Waals surface area contributed by atoms with Crippen LogP contribution in [-0.2, 0) is 11.2 Å². The molecule has 0 bridgehead atoms. The normalized spacial score (nSPS) is 11.1. The van der Waals surface area contributed by atoms with E-state index in [0.29, 0.717) is 6.61 Å². The quantitative estimate of drug-likeness (QED) is 0.256. The molecule has 144 valence electrons. The highest BCUT2D eigenvalue weighted by Gasteiger charge is 2.06. The SMILES string of the molecule is CCNC(=NCCCc1cn(-c2ccccc2)nc1C)NCCOC.I. The number of benzene rings is 1. The Morgan fingerprint density at radius 2 is 2.00 bits per heavy atom. The van der Waals surface area contributed by atoms with Gasteiger partial charge in [0.2, 0.25) is 0 Å². The first kappa shape index (κ1) is 22.4. The number of hydrogen-bond acceptors (Lipinski definition) is 3. The number of methoxy groups -OCH3 is 1. The fourth-order valence-electron chi connectivity index (χ4n) is 2.53. The monoisotopic (exact) mass is 471 g/mol. The summed E-state index contributed by atoms with van der Waals surface area (Å²) >= 11 is 0. The first-order valence-corrected chi connectivity index (χ1v) is 8.86. The lowest BCUT2D eigenvalue weighted by Crippen LogP contribution is -2.39. The van der Waals surface area contributed by atoms with E-state index in [2.05, 4.69) is 52.9 Å². The van der Waals surface area contributed by atoms with Crippen molar-refractivity contribution in [2.45, 2.75) is 26.7 Å². The number of nitrogens with one attached hydrogen (secondary N) is 2. The molecule has 0 aliphatic carbocycles. The second-order valence-electron chi connectivity index (χ2n) is 5.80. The molecule has 0 aliphatic rings. The lowest BCUT2D eigenvalue weighted by Gasteiger charge is -2.10. The van der Waals surface area contributed by atoms with Gasteiger partial charge in [-0.05, 0) is 44.4 Å². The predicted molar refractivity (Wildman–Crippen MR) is 118 cm³/mol. The third-order valence-corrected chi connectivity index (χ3v) is 3.84. The van der Waals surface area contributed by atoms with E-state index in [0.717, 1.165) is 49.8 Å². The Labute approximate surface area is 173 Å². The number of halogens is 1. The van der Waals surface area contributed by atoms with Gasteiger partial charge in [0, 0.05) is 32.9 Å². The molecule has 2 rings (SSSR count). The Bertz CT molecular complexity index is 657. The summed E-state index contributed by atoms with van der Waals surface area (Å²) in [4.78, 5) is 4.61. The van der Waals surface area contributed by atoms with Crippen molar-refractivity contribution in [2.75, 3.05) is 33.4 Å². The van der Waals surface area contributed by atoms with Crippen LogP contribution in [0.5, 0.6) is 0 Å². The molecule has 0 aliphatic heterocycles. The van der Waals surface area contributed by atoms with Crippen molar-refractivity contribution >= 4 is 29.9 Å². The van der Waals surface area contributed by atoms with Gasteiger partial charge in [0.05, 0.1) is 18.0 Å². The Hall–Kier alpha value is -1.61. The molecule has 0 amide bonds. The molecule has 0 spiro atoms. The fraction of sp³-hybridized carbons (Fsp3) is 0.474.